The molecule has 3 rings (SSSR count). The van der Waals surface area contributed by atoms with Gasteiger partial charge in [0.15, 0.2) is 11.5 Å². The number of nitrogens with zero attached hydrogens (tertiary/aromatic N) is 3. The molecule has 0 spiro atoms. The molecule has 1 aliphatic carbocycles. The van der Waals surface area contributed by atoms with E-state index in [1.807, 2.05) is 31.2 Å². The van der Waals surface area contributed by atoms with Crippen molar-refractivity contribution < 1.29 is 19.1 Å². The predicted octanol–water partition coefficient (Wildman–Crippen LogP) is 5.73. The third kappa shape index (κ3) is 7.25. The lowest BCUT2D eigenvalue weighted by atomic mass is 9.86. The molecule has 192 valence electrons. The number of rotatable bonds is 11. The summed E-state index contributed by atoms with van der Waals surface area (Å²) in [5.74, 6) is -0.623. The molecule has 36 heavy (non-hydrogen) atoms. The molecule has 1 heterocycles. The van der Waals surface area contributed by atoms with E-state index in [9.17, 15) is 14.9 Å². The second kappa shape index (κ2) is 12.3. The number of ketones is 1. The van der Waals surface area contributed by atoms with Crippen molar-refractivity contribution in [1.82, 2.24) is 9.55 Å². The van der Waals surface area contributed by atoms with Gasteiger partial charge in [-0.05, 0) is 60.9 Å². The first kappa shape index (κ1) is 27.6. The second-order valence-corrected chi connectivity index (χ2v) is 16.2. The average molecular weight is 508 g/mol. The van der Waals surface area contributed by atoms with E-state index in [1.165, 1.54) is 12.7 Å². The fourth-order valence-corrected chi connectivity index (χ4v) is 5.05. The zero-order chi connectivity index (χ0) is 26.3. The molecule has 1 aromatic carbocycles. The smallest absolute Gasteiger partial charge is 0.312 e. The average Bonchev–Trinajstić information content (AvgIpc) is 3.29. The molecule has 7 nitrogen and oxygen atoms in total. The van der Waals surface area contributed by atoms with Gasteiger partial charge >= 0.3 is 5.97 Å². The molecule has 0 saturated heterocycles. The molecular weight excluding hydrogens is 470 g/mol. The number of nitriles is 1. The molecule has 0 N–H and O–H groups in total. The third-order valence-electron chi connectivity index (χ3n) is 6.54. The van der Waals surface area contributed by atoms with Crippen LogP contribution in [0.1, 0.15) is 71.5 Å². The van der Waals surface area contributed by atoms with Gasteiger partial charge in [-0.2, -0.15) is 5.26 Å². The maximum atomic E-state index is 13.4. The molecule has 0 radical (unpaired) electrons. The SMILES string of the molecule is COC(=O)C(C)c1ccc(CC(=O)c2nc(C#N)cn2COCC[Si](C)(C)C)c(C2=CCCCC2)c1. The first-order valence-electron chi connectivity index (χ1n) is 12.6. The van der Waals surface area contributed by atoms with Crippen molar-refractivity contribution in [2.75, 3.05) is 13.7 Å². The van der Waals surface area contributed by atoms with Crippen LogP contribution in [0.5, 0.6) is 0 Å². The lowest BCUT2D eigenvalue weighted by molar-refractivity contribution is -0.142. The van der Waals surface area contributed by atoms with Crippen molar-refractivity contribution in [3.63, 3.8) is 0 Å². The molecule has 0 fully saturated rings. The summed E-state index contributed by atoms with van der Waals surface area (Å²) >= 11 is 0. The summed E-state index contributed by atoms with van der Waals surface area (Å²) in [7, 11) is 0.159. The van der Waals surface area contributed by atoms with Gasteiger partial charge in [-0.3, -0.25) is 9.59 Å². The summed E-state index contributed by atoms with van der Waals surface area (Å²) < 4.78 is 12.4. The Kier molecular flexibility index (Phi) is 9.41. The molecule has 1 unspecified atom stereocenters. The Morgan fingerprint density at radius 2 is 2.03 bits per heavy atom. The Bertz CT molecular complexity index is 1170. The van der Waals surface area contributed by atoms with E-state index >= 15 is 0 Å². The minimum atomic E-state index is -1.23. The molecule has 1 aliphatic rings. The molecule has 8 heteroatoms. The Morgan fingerprint density at radius 3 is 2.67 bits per heavy atom. The van der Waals surface area contributed by atoms with Gasteiger partial charge in [0.25, 0.3) is 0 Å². The van der Waals surface area contributed by atoms with E-state index in [0.29, 0.717) is 6.61 Å². The molecule has 2 aromatic rings. The van der Waals surface area contributed by atoms with Crippen LogP contribution in [0.2, 0.25) is 25.7 Å². The fourth-order valence-electron chi connectivity index (χ4n) is 4.30. The van der Waals surface area contributed by atoms with Gasteiger partial charge in [0, 0.05) is 27.3 Å². The quantitative estimate of drug-likeness (QED) is 0.167. The summed E-state index contributed by atoms with van der Waals surface area (Å²) in [5, 5.41) is 9.37. The largest absolute Gasteiger partial charge is 0.469 e. The van der Waals surface area contributed by atoms with E-state index in [1.54, 1.807) is 10.8 Å². The topological polar surface area (TPSA) is 94.2 Å². The zero-order valence-electron chi connectivity index (χ0n) is 22.1. The molecule has 0 saturated carbocycles. The van der Waals surface area contributed by atoms with Crippen LogP contribution in [0.3, 0.4) is 0 Å². The number of ether oxygens (including phenoxy) is 2. The lowest BCUT2D eigenvalue weighted by Crippen LogP contribution is -2.22. The van der Waals surface area contributed by atoms with Crippen LogP contribution in [-0.4, -0.2) is 43.1 Å². The number of methoxy groups -OCH3 is 1. The van der Waals surface area contributed by atoms with Gasteiger partial charge in [0.05, 0.1) is 13.0 Å². The van der Waals surface area contributed by atoms with Crippen LogP contribution in [-0.2, 0) is 27.4 Å². The van der Waals surface area contributed by atoms with E-state index in [-0.39, 0.29) is 36.4 Å². The number of carbonyl (C=O) groups is 2. The Hall–Kier alpha value is -3.02. The number of hydrogen-bond donors (Lipinski definition) is 0. The van der Waals surface area contributed by atoms with E-state index in [2.05, 4.69) is 30.7 Å². The van der Waals surface area contributed by atoms with Crippen LogP contribution in [0, 0.1) is 11.3 Å². The van der Waals surface area contributed by atoms with E-state index in [4.69, 9.17) is 9.47 Å². The molecule has 1 aromatic heterocycles. The molecule has 0 aliphatic heterocycles. The maximum Gasteiger partial charge on any atom is 0.312 e. The lowest BCUT2D eigenvalue weighted by Gasteiger charge is -2.19. The van der Waals surface area contributed by atoms with Crippen molar-refractivity contribution in [3.05, 3.63) is 58.7 Å². The normalized spacial score (nSPS) is 14.6. The molecular formula is C28H37N3O4Si. The highest BCUT2D eigenvalue weighted by Crippen LogP contribution is 2.32. The summed E-state index contributed by atoms with van der Waals surface area (Å²) in [6.07, 6.45) is 8.16. The number of esters is 1. The monoisotopic (exact) mass is 507 g/mol. The van der Waals surface area contributed by atoms with Gasteiger partial charge in [-0.25, -0.2) is 4.98 Å². The highest BCUT2D eigenvalue weighted by molar-refractivity contribution is 6.76. The van der Waals surface area contributed by atoms with Crippen LogP contribution < -0.4 is 0 Å². The van der Waals surface area contributed by atoms with Crippen molar-refractivity contribution >= 4 is 25.4 Å². The number of imidazole rings is 1. The number of benzene rings is 1. The minimum Gasteiger partial charge on any atom is -0.469 e. The Labute approximate surface area is 215 Å². The van der Waals surface area contributed by atoms with Crippen LogP contribution >= 0.6 is 0 Å². The van der Waals surface area contributed by atoms with Crippen molar-refractivity contribution in [2.24, 2.45) is 0 Å². The maximum absolute atomic E-state index is 13.4. The van der Waals surface area contributed by atoms with Crippen molar-refractivity contribution in [1.29, 1.82) is 5.26 Å². The minimum absolute atomic E-state index is 0.149. The Morgan fingerprint density at radius 1 is 1.25 bits per heavy atom. The third-order valence-corrected chi connectivity index (χ3v) is 8.25. The number of hydrogen-bond acceptors (Lipinski definition) is 6. The molecule has 0 amide bonds. The first-order valence-corrected chi connectivity index (χ1v) is 16.3. The highest BCUT2D eigenvalue weighted by atomic mass is 28.3. The second-order valence-electron chi connectivity index (χ2n) is 10.6. The summed E-state index contributed by atoms with van der Waals surface area (Å²) in [5.41, 5.74) is 4.16. The number of Topliss-reactive ketones (excluding diaryl/α,β-unsaturated/α-hetero) is 1. The van der Waals surface area contributed by atoms with Crippen LogP contribution in [0.25, 0.3) is 5.57 Å². The van der Waals surface area contributed by atoms with Gasteiger partial charge in [0.2, 0.25) is 5.78 Å². The summed E-state index contributed by atoms with van der Waals surface area (Å²) in [6.45, 7) is 9.48. The molecule has 0 bridgehead atoms. The summed E-state index contributed by atoms with van der Waals surface area (Å²) in [6, 6.07) is 8.90. The van der Waals surface area contributed by atoms with E-state index in [0.717, 1.165) is 48.4 Å². The van der Waals surface area contributed by atoms with Gasteiger partial charge in [0.1, 0.15) is 12.8 Å². The van der Waals surface area contributed by atoms with Crippen LogP contribution in [0.15, 0.2) is 30.5 Å². The fraction of sp³-hybridized carbons (Fsp3) is 0.500. The van der Waals surface area contributed by atoms with Gasteiger partial charge in [-0.1, -0.05) is 43.9 Å². The number of allylic oxidation sites excluding steroid dienone is 2. The predicted molar refractivity (Wildman–Crippen MR) is 142 cm³/mol. The highest BCUT2D eigenvalue weighted by Gasteiger charge is 2.22. The molecule has 1 atom stereocenters. The van der Waals surface area contributed by atoms with Crippen molar-refractivity contribution in [2.45, 2.75) is 77.4 Å². The van der Waals surface area contributed by atoms with E-state index < -0.39 is 14.0 Å². The standard InChI is InChI=1S/C28H37N3O4Si/c1-20(28(33)34-2)22-11-12-23(25(15-22)21-9-7-6-8-10-21)16-26(32)27-30-24(17-29)18-31(27)19-35-13-14-36(3,4)5/h9,11-12,15,18,20H,6-8,10,13-14,16,19H2,1-5H3. The first-order chi connectivity index (χ1) is 17.1. The van der Waals surface area contributed by atoms with Crippen LogP contribution in [0.4, 0.5) is 0 Å². The summed E-state index contributed by atoms with van der Waals surface area (Å²) in [4.78, 5) is 29.8. The van der Waals surface area contributed by atoms with Gasteiger partial charge in [-0.15, -0.1) is 0 Å². The van der Waals surface area contributed by atoms with Gasteiger partial charge < -0.3 is 14.0 Å². The number of carbonyl (C=O) groups excluding carboxylic acids is 2. The number of aromatic nitrogens is 2. The zero-order valence-corrected chi connectivity index (χ0v) is 23.1. The Balaban J connectivity index is 1.87. The van der Waals surface area contributed by atoms with Crippen molar-refractivity contribution in [3.8, 4) is 6.07 Å².